The number of hydrogen-bond donors (Lipinski definition) is 1. The van der Waals surface area contributed by atoms with E-state index in [-0.39, 0.29) is 30.5 Å². The van der Waals surface area contributed by atoms with Crippen molar-refractivity contribution in [3.63, 3.8) is 0 Å². The third kappa shape index (κ3) is 4.43. The van der Waals surface area contributed by atoms with Crippen LogP contribution in [0.4, 0.5) is 5.69 Å². The summed E-state index contributed by atoms with van der Waals surface area (Å²) in [6.07, 6.45) is 2.75. The van der Waals surface area contributed by atoms with Crippen LogP contribution in [0.25, 0.3) is 0 Å². The van der Waals surface area contributed by atoms with E-state index in [1.54, 1.807) is 30.3 Å². The number of para-hydroxylation sites is 1. The average Bonchev–Trinajstić information content (AvgIpc) is 3.45. The van der Waals surface area contributed by atoms with Gasteiger partial charge in [0.05, 0.1) is 41.3 Å². The van der Waals surface area contributed by atoms with Crippen molar-refractivity contribution in [2.45, 2.75) is 48.9 Å². The SMILES string of the molecule is C=CCOC(=O)[C@H]1[C@@H]2OC3(CC2Br)C(C(=O)N(CC=C)c2ccccc2Cl)N([C@@H](CO)C(C)C)C(=O)[C@H]13. The quantitative estimate of drug-likeness (QED) is 0.253. The average molecular weight is 596 g/mol. The second-order valence-electron chi connectivity index (χ2n) is 10.0. The standard InChI is InChI=1S/C27H32BrClN2O6/c1-5-11-30(18-10-8-7-9-17(18)29)25(34)23-27-13-16(28)22(37-27)20(26(35)36-12-6-2)21(27)24(33)31(23)19(14-32)15(3)4/h5-10,15-16,19-23,32H,1-2,11-14H2,3-4H3/t16?,19-,20+,21-,22+,23?,27?/m0/s1. The molecule has 1 aromatic rings. The van der Waals surface area contributed by atoms with E-state index in [2.05, 4.69) is 29.1 Å². The summed E-state index contributed by atoms with van der Waals surface area (Å²) in [5, 5.41) is 10.7. The number of carbonyl (C=O) groups is 3. The lowest BCUT2D eigenvalue weighted by molar-refractivity contribution is -0.155. The van der Waals surface area contributed by atoms with Crippen LogP contribution < -0.4 is 4.90 Å². The summed E-state index contributed by atoms with van der Waals surface area (Å²) in [6, 6.07) is 5.18. The molecule has 8 nitrogen and oxygen atoms in total. The van der Waals surface area contributed by atoms with Gasteiger partial charge in [0.2, 0.25) is 5.91 Å². The van der Waals surface area contributed by atoms with Gasteiger partial charge in [0, 0.05) is 11.4 Å². The number of likely N-dealkylation sites (tertiary alicyclic amines) is 1. The highest BCUT2D eigenvalue weighted by Gasteiger charge is 2.77. The molecule has 3 heterocycles. The number of aliphatic hydroxyl groups excluding tert-OH is 1. The zero-order valence-corrected chi connectivity index (χ0v) is 23.2. The Morgan fingerprint density at radius 3 is 2.65 bits per heavy atom. The van der Waals surface area contributed by atoms with Crippen molar-refractivity contribution in [2.24, 2.45) is 17.8 Å². The van der Waals surface area contributed by atoms with Gasteiger partial charge >= 0.3 is 5.97 Å². The van der Waals surface area contributed by atoms with Crippen molar-refractivity contribution in [1.82, 2.24) is 4.90 Å². The third-order valence-corrected chi connectivity index (χ3v) is 8.78. The first kappa shape index (κ1) is 27.8. The van der Waals surface area contributed by atoms with Gasteiger partial charge in [-0.25, -0.2) is 0 Å². The maximum atomic E-state index is 14.5. The molecule has 7 atom stereocenters. The molecule has 0 saturated carbocycles. The van der Waals surface area contributed by atoms with Crippen LogP contribution in [-0.2, 0) is 23.9 Å². The van der Waals surface area contributed by atoms with E-state index in [0.29, 0.717) is 17.1 Å². The number of aliphatic hydroxyl groups is 1. The molecule has 37 heavy (non-hydrogen) atoms. The Hall–Kier alpha value is -2.20. The summed E-state index contributed by atoms with van der Waals surface area (Å²) in [6.45, 7) is 10.9. The summed E-state index contributed by atoms with van der Waals surface area (Å²) >= 11 is 10.1. The summed E-state index contributed by atoms with van der Waals surface area (Å²) in [5.41, 5.74) is -0.815. The van der Waals surface area contributed by atoms with Gasteiger partial charge in [-0.15, -0.1) is 6.58 Å². The van der Waals surface area contributed by atoms with Crippen LogP contribution in [0.5, 0.6) is 0 Å². The molecule has 1 aromatic carbocycles. The van der Waals surface area contributed by atoms with Crippen molar-refractivity contribution in [2.75, 3.05) is 24.7 Å². The van der Waals surface area contributed by atoms with Crippen LogP contribution in [-0.4, -0.2) is 76.2 Å². The van der Waals surface area contributed by atoms with Crippen molar-refractivity contribution in [3.05, 3.63) is 54.6 Å². The molecule has 3 saturated heterocycles. The third-order valence-electron chi connectivity index (χ3n) is 7.61. The number of hydrogen-bond acceptors (Lipinski definition) is 6. The number of amides is 2. The van der Waals surface area contributed by atoms with E-state index < -0.39 is 53.4 Å². The predicted molar refractivity (Wildman–Crippen MR) is 143 cm³/mol. The van der Waals surface area contributed by atoms with E-state index in [9.17, 15) is 19.5 Å². The molecule has 10 heteroatoms. The Labute approximate surface area is 230 Å². The van der Waals surface area contributed by atoms with Crippen LogP contribution in [0.1, 0.15) is 20.3 Å². The Balaban J connectivity index is 1.86. The maximum Gasteiger partial charge on any atom is 0.312 e. The minimum Gasteiger partial charge on any atom is -0.461 e. The zero-order valence-electron chi connectivity index (χ0n) is 20.9. The molecule has 3 unspecified atom stereocenters. The van der Waals surface area contributed by atoms with Gasteiger partial charge in [-0.2, -0.15) is 0 Å². The van der Waals surface area contributed by atoms with Crippen molar-refractivity contribution < 1.29 is 29.0 Å². The maximum absolute atomic E-state index is 14.5. The van der Waals surface area contributed by atoms with Crippen molar-refractivity contribution >= 4 is 51.0 Å². The lowest BCUT2D eigenvalue weighted by Gasteiger charge is -2.40. The number of esters is 1. The van der Waals surface area contributed by atoms with Gasteiger partial charge in [0.25, 0.3) is 5.91 Å². The molecule has 3 aliphatic rings. The molecule has 2 bridgehead atoms. The number of rotatable bonds is 10. The van der Waals surface area contributed by atoms with Crippen LogP contribution in [0.15, 0.2) is 49.6 Å². The van der Waals surface area contributed by atoms with E-state index in [1.807, 2.05) is 13.8 Å². The number of carbonyl (C=O) groups excluding carboxylic acids is 3. The highest BCUT2D eigenvalue weighted by atomic mass is 79.9. The molecule has 4 rings (SSSR count). The highest BCUT2D eigenvalue weighted by Crippen LogP contribution is 2.61. The summed E-state index contributed by atoms with van der Waals surface area (Å²) < 4.78 is 11.9. The normalized spacial score (nSPS) is 30.8. The van der Waals surface area contributed by atoms with E-state index in [4.69, 9.17) is 21.1 Å². The van der Waals surface area contributed by atoms with Crippen LogP contribution in [0.3, 0.4) is 0 Å². The number of halogens is 2. The van der Waals surface area contributed by atoms with Gasteiger partial charge < -0.3 is 24.4 Å². The Morgan fingerprint density at radius 1 is 1.35 bits per heavy atom. The zero-order chi connectivity index (χ0) is 27.1. The first-order valence-corrected chi connectivity index (χ1v) is 13.6. The lowest BCUT2D eigenvalue weighted by atomic mass is 9.70. The van der Waals surface area contributed by atoms with Crippen molar-refractivity contribution in [1.29, 1.82) is 0 Å². The molecular weight excluding hydrogens is 564 g/mol. The predicted octanol–water partition coefficient (Wildman–Crippen LogP) is 3.35. The van der Waals surface area contributed by atoms with Gasteiger partial charge in [0.15, 0.2) is 0 Å². The van der Waals surface area contributed by atoms with Crippen LogP contribution >= 0.6 is 27.5 Å². The molecule has 0 aliphatic carbocycles. The van der Waals surface area contributed by atoms with E-state index in [0.717, 1.165) is 0 Å². The van der Waals surface area contributed by atoms with Crippen molar-refractivity contribution in [3.8, 4) is 0 Å². The minimum absolute atomic E-state index is 0.000132. The van der Waals surface area contributed by atoms with Gasteiger partial charge in [-0.1, -0.05) is 72.2 Å². The molecule has 3 fully saturated rings. The fraction of sp³-hybridized carbons (Fsp3) is 0.519. The van der Waals surface area contributed by atoms with Crippen LogP contribution in [0.2, 0.25) is 5.02 Å². The summed E-state index contributed by atoms with van der Waals surface area (Å²) in [7, 11) is 0. The molecule has 1 spiro atoms. The number of anilines is 1. The summed E-state index contributed by atoms with van der Waals surface area (Å²) in [5.74, 6) is -3.38. The van der Waals surface area contributed by atoms with Gasteiger partial charge in [-0.3, -0.25) is 14.4 Å². The van der Waals surface area contributed by atoms with E-state index in [1.165, 1.54) is 15.9 Å². The van der Waals surface area contributed by atoms with Crippen LogP contribution in [0, 0.1) is 17.8 Å². The topological polar surface area (TPSA) is 96.4 Å². The molecule has 0 aromatic heterocycles. The molecule has 1 N–H and O–H groups in total. The number of alkyl halides is 1. The first-order valence-electron chi connectivity index (χ1n) is 12.3. The number of nitrogens with zero attached hydrogens (tertiary/aromatic N) is 2. The lowest BCUT2D eigenvalue weighted by Crippen LogP contribution is -2.60. The number of benzene rings is 1. The van der Waals surface area contributed by atoms with Gasteiger partial charge in [0.1, 0.15) is 18.2 Å². The Morgan fingerprint density at radius 2 is 2.05 bits per heavy atom. The fourth-order valence-corrected chi connectivity index (χ4v) is 7.27. The largest absolute Gasteiger partial charge is 0.461 e. The molecule has 0 radical (unpaired) electrons. The molecule has 2 amide bonds. The summed E-state index contributed by atoms with van der Waals surface area (Å²) in [4.78, 5) is 44.5. The highest BCUT2D eigenvalue weighted by molar-refractivity contribution is 9.09. The first-order chi connectivity index (χ1) is 17.6. The van der Waals surface area contributed by atoms with Gasteiger partial charge in [-0.05, 0) is 24.5 Å². The minimum atomic E-state index is -1.28. The second kappa shape index (κ2) is 10.9. The Kier molecular flexibility index (Phi) is 8.19. The fourth-order valence-electron chi connectivity index (χ4n) is 6.09. The molecular formula is C27H32BrClN2O6. The smallest absolute Gasteiger partial charge is 0.312 e. The monoisotopic (exact) mass is 594 g/mol. The molecule has 3 aliphatic heterocycles. The number of fused-ring (bicyclic) bond motifs is 1. The number of ether oxygens (including phenoxy) is 2. The van der Waals surface area contributed by atoms with E-state index >= 15 is 0 Å². The Bertz CT molecular complexity index is 1100. The second-order valence-corrected chi connectivity index (χ2v) is 11.6. The molecule has 200 valence electrons.